The monoisotopic (exact) mass is 306 g/mol. The van der Waals surface area contributed by atoms with Gasteiger partial charge in [0.2, 0.25) is 0 Å². The van der Waals surface area contributed by atoms with E-state index in [0.29, 0.717) is 11.8 Å². The largest absolute Gasteiger partial charge is 0.390 e. The topological polar surface area (TPSA) is 40.5 Å². The van der Waals surface area contributed by atoms with Gasteiger partial charge in [0.05, 0.1) is 11.2 Å². The molecule has 7 atom stereocenters. The minimum absolute atomic E-state index is 0.223. The van der Waals surface area contributed by atoms with Crippen molar-refractivity contribution < 1.29 is 10.2 Å². The summed E-state index contributed by atoms with van der Waals surface area (Å²) in [5.74, 6) is 1.96. The van der Waals surface area contributed by atoms with Crippen LogP contribution in [0.15, 0.2) is 12.7 Å². The van der Waals surface area contributed by atoms with E-state index in [1.807, 2.05) is 13.8 Å². The normalized spacial score (nSPS) is 53.1. The van der Waals surface area contributed by atoms with E-state index in [-0.39, 0.29) is 11.3 Å². The first-order chi connectivity index (χ1) is 10.1. The minimum Gasteiger partial charge on any atom is -0.390 e. The van der Waals surface area contributed by atoms with Gasteiger partial charge < -0.3 is 10.2 Å². The van der Waals surface area contributed by atoms with Gasteiger partial charge in [0.15, 0.2) is 0 Å². The number of aliphatic hydroxyl groups is 2. The van der Waals surface area contributed by atoms with Crippen molar-refractivity contribution in [1.29, 1.82) is 0 Å². The van der Waals surface area contributed by atoms with Crippen molar-refractivity contribution in [1.82, 2.24) is 0 Å². The van der Waals surface area contributed by atoms with Crippen LogP contribution in [0.1, 0.15) is 72.6 Å². The van der Waals surface area contributed by atoms with Crippen molar-refractivity contribution >= 4 is 0 Å². The zero-order valence-electron chi connectivity index (χ0n) is 14.9. The molecule has 22 heavy (non-hydrogen) atoms. The Morgan fingerprint density at radius 1 is 1.18 bits per heavy atom. The van der Waals surface area contributed by atoms with Crippen LogP contribution >= 0.6 is 0 Å². The Morgan fingerprint density at radius 2 is 1.86 bits per heavy atom. The fraction of sp³-hybridized carbons (Fsp3) is 0.900. The second-order valence-corrected chi connectivity index (χ2v) is 9.55. The predicted molar refractivity (Wildman–Crippen MR) is 90.4 cm³/mol. The van der Waals surface area contributed by atoms with Gasteiger partial charge in [-0.25, -0.2) is 0 Å². The van der Waals surface area contributed by atoms with E-state index >= 15 is 0 Å². The molecule has 0 amide bonds. The molecule has 3 aliphatic carbocycles. The average Bonchev–Trinajstić information content (AvgIpc) is 3.08. The van der Waals surface area contributed by atoms with Gasteiger partial charge in [0.25, 0.3) is 0 Å². The summed E-state index contributed by atoms with van der Waals surface area (Å²) < 4.78 is 0. The first-order valence-electron chi connectivity index (χ1n) is 9.13. The van der Waals surface area contributed by atoms with Gasteiger partial charge in [-0.15, -0.1) is 6.58 Å². The summed E-state index contributed by atoms with van der Waals surface area (Å²) in [5, 5.41) is 21.4. The summed E-state index contributed by atoms with van der Waals surface area (Å²) in [7, 11) is 0. The van der Waals surface area contributed by atoms with E-state index in [2.05, 4.69) is 20.4 Å². The van der Waals surface area contributed by atoms with Crippen molar-refractivity contribution in [2.24, 2.45) is 28.6 Å². The molecular formula is C20H34O2. The number of hydrogen-bond donors (Lipinski definition) is 2. The summed E-state index contributed by atoms with van der Waals surface area (Å²) in [6.07, 6.45) is 9.28. The highest BCUT2D eigenvalue weighted by Gasteiger charge is 2.67. The summed E-state index contributed by atoms with van der Waals surface area (Å²) >= 11 is 0. The molecule has 0 spiro atoms. The van der Waals surface area contributed by atoms with Crippen LogP contribution in [0.25, 0.3) is 0 Å². The molecule has 3 fully saturated rings. The molecule has 0 bridgehead atoms. The quantitative estimate of drug-likeness (QED) is 0.760. The van der Waals surface area contributed by atoms with Gasteiger partial charge in [-0.05, 0) is 87.4 Å². The number of hydrogen-bond acceptors (Lipinski definition) is 2. The highest BCUT2D eigenvalue weighted by Crippen LogP contribution is 2.73. The molecule has 2 heteroatoms. The Morgan fingerprint density at radius 3 is 2.50 bits per heavy atom. The average molecular weight is 306 g/mol. The van der Waals surface area contributed by atoms with Crippen LogP contribution in [0, 0.1) is 28.6 Å². The fourth-order valence-corrected chi connectivity index (χ4v) is 6.32. The van der Waals surface area contributed by atoms with E-state index in [0.717, 1.165) is 24.7 Å². The van der Waals surface area contributed by atoms with E-state index in [9.17, 15) is 10.2 Å². The van der Waals surface area contributed by atoms with Crippen molar-refractivity contribution in [2.45, 2.75) is 83.8 Å². The number of rotatable bonds is 4. The second kappa shape index (κ2) is 4.83. The summed E-state index contributed by atoms with van der Waals surface area (Å²) in [6.45, 7) is 12.5. The van der Waals surface area contributed by atoms with Crippen LogP contribution in [0.5, 0.6) is 0 Å². The third-order valence-corrected chi connectivity index (χ3v) is 7.95. The van der Waals surface area contributed by atoms with Crippen molar-refractivity contribution in [3.8, 4) is 0 Å². The van der Waals surface area contributed by atoms with Gasteiger partial charge in [0.1, 0.15) is 0 Å². The van der Waals surface area contributed by atoms with Crippen molar-refractivity contribution in [3.05, 3.63) is 12.7 Å². The highest BCUT2D eigenvalue weighted by molar-refractivity contribution is 5.16. The van der Waals surface area contributed by atoms with Gasteiger partial charge >= 0.3 is 0 Å². The van der Waals surface area contributed by atoms with Crippen LogP contribution in [-0.2, 0) is 0 Å². The lowest BCUT2D eigenvalue weighted by Gasteiger charge is -2.58. The van der Waals surface area contributed by atoms with Crippen molar-refractivity contribution in [3.63, 3.8) is 0 Å². The van der Waals surface area contributed by atoms with Crippen LogP contribution in [0.4, 0.5) is 0 Å². The molecule has 0 aliphatic heterocycles. The van der Waals surface area contributed by atoms with Gasteiger partial charge in [-0.1, -0.05) is 19.9 Å². The standard InChI is InChI=1S/C20H34O2/c1-6-17(2,21)10-8-16-18(3)11-7-14-13-19(14,4)15(18)9-12-20(16,5)22/h6,14-16,21-22H,1,7-13H2,2-5H3/t14-,15+,16+,17+,18-,19+,20+/m0/s1. The van der Waals surface area contributed by atoms with Crippen LogP contribution < -0.4 is 0 Å². The second-order valence-electron chi connectivity index (χ2n) is 9.55. The van der Waals surface area contributed by atoms with Crippen LogP contribution in [-0.4, -0.2) is 21.4 Å². The minimum atomic E-state index is -0.819. The van der Waals surface area contributed by atoms with E-state index in [1.54, 1.807) is 6.08 Å². The highest BCUT2D eigenvalue weighted by atomic mass is 16.3. The maximum Gasteiger partial charge on any atom is 0.0797 e. The summed E-state index contributed by atoms with van der Waals surface area (Å²) in [5.41, 5.74) is -0.663. The van der Waals surface area contributed by atoms with Crippen LogP contribution in [0.3, 0.4) is 0 Å². The SMILES string of the molecule is C=C[C@@](C)(O)CC[C@@H]1[C@@]2(C)CC[C@H]3C[C@@]3(C)[C@@H]2CC[C@@]1(C)O. The molecular weight excluding hydrogens is 272 g/mol. The van der Waals surface area contributed by atoms with Crippen molar-refractivity contribution in [2.75, 3.05) is 0 Å². The molecule has 0 radical (unpaired) electrons. The Hall–Kier alpha value is -0.340. The maximum atomic E-state index is 11.1. The lowest BCUT2D eigenvalue weighted by molar-refractivity contribution is -0.157. The van der Waals surface area contributed by atoms with Gasteiger partial charge in [0, 0.05) is 0 Å². The van der Waals surface area contributed by atoms with Gasteiger partial charge in [-0.3, -0.25) is 0 Å². The Bertz CT molecular complexity index is 466. The molecule has 2 nitrogen and oxygen atoms in total. The summed E-state index contributed by atoms with van der Waals surface area (Å²) in [4.78, 5) is 0. The maximum absolute atomic E-state index is 11.1. The lowest BCUT2D eigenvalue weighted by Crippen LogP contribution is -2.56. The molecule has 3 aliphatic rings. The molecule has 0 aromatic heterocycles. The zero-order chi connectivity index (χ0) is 16.4. The molecule has 0 saturated heterocycles. The number of fused-ring (bicyclic) bond motifs is 3. The van der Waals surface area contributed by atoms with E-state index in [1.165, 1.54) is 25.7 Å². The molecule has 3 rings (SSSR count). The first-order valence-corrected chi connectivity index (χ1v) is 9.13. The van der Waals surface area contributed by atoms with Gasteiger partial charge in [-0.2, -0.15) is 0 Å². The molecule has 0 heterocycles. The third kappa shape index (κ3) is 2.38. The Labute approximate surface area is 136 Å². The van der Waals surface area contributed by atoms with E-state index in [4.69, 9.17) is 0 Å². The predicted octanol–water partition coefficient (Wildman–Crippen LogP) is 4.31. The Balaban J connectivity index is 1.85. The smallest absolute Gasteiger partial charge is 0.0797 e. The lowest BCUT2D eigenvalue weighted by atomic mass is 9.48. The fourth-order valence-electron chi connectivity index (χ4n) is 6.32. The first kappa shape index (κ1) is 16.5. The van der Waals surface area contributed by atoms with Crippen LogP contribution in [0.2, 0.25) is 0 Å². The molecule has 0 unspecified atom stereocenters. The molecule has 2 N–H and O–H groups in total. The van der Waals surface area contributed by atoms with E-state index < -0.39 is 11.2 Å². The third-order valence-electron chi connectivity index (χ3n) is 7.95. The molecule has 0 aromatic carbocycles. The zero-order valence-corrected chi connectivity index (χ0v) is 14.9. The molecule has 126 valence electrons. The molecule has 0 aromatic rings. The Kier molecular flexibility index (Phi) is 3.63. The molecule has 3 saturated carbocycles. The summed E-state index contributed by atoms with van der Waals surface area (Å²) in [6, 6.07) is 0.